The zero-order valence-corrected chi connectivity index (χ0v) is 23.7. The number of benzene rings is 1. The van der Waals surface area contributed by atoms with E-state index in [2.05, 4.69) is 31.1 Å². The Labute approximate surface area is 232 Å². The number of aliphatic imine (C=N–C) groups is 1. The maximum atomic E-state index is 13.7. The fourth-order valence-electron chi connectivity index (χ4n) is 4.56. The summed E-state index contributed by atoms with van der Waals surface area (Å²) in [6.07, 6.45) is 1.46. The van der Waals surface area contributed by atoms with Gasteiger partial charge in [-0.15, -0.1) is 0 Å². The highest BCUT2D eigenvalue weighted by atomic mass is 79.9. The number of carbonyl (C=O) groups is 4. The number of guanidine groups is 1. The first-order valence-electron chi connectivity index (χ1n) is 12.8. The van der Waals surface area contributed by atoms with Gasteiger partial charge in [0.15, 0.2) is 11.7 Å². The highest BCUT2D eigenvalue weighted by molar-refractivity contribution is 9.10. The lowest BCUT2D eigenvalue weighted by Crippen LogP contribution is -2.54. The van der Waals surface area contributed by atoms with Gasteiger partial charge in [-0.25, -0.2) is 6.57 Å². The molecule has 5 N–H and O–H groups in total. The lowest BCUT2D eigenvalue weighted by atomic mass is 9.88. The van der Waals surface area contributed by atoms with Gasteiger partial charge in [-0.3, -0.25) is 24.2 Å². The lowest BCUT2D eigenvalue weighted by Gasteiger charge is -2.30. The van der Waals surface area contributed by atoms with Crippen LogP contribution < -0.4 is 16.8 Å². The van der Waals surface area contributed by atoms with Crippen LogP contribution >= 0.6 is 15.9 Å². The van der Waals surface area contributed by atoms with E-state index in [4.69, 9.17) is 18.0 Å². The molecule has 1 aromatic rings. The Morgan fingerprint density at radius 2 is 1.87 bits per heavy atom. The minimum Gasteiger partial charge on any atom is -0.370 e. The first-order chi connectivity index (χ1) is 18.0. The summed E-state index contributed by atoms with van der Waals surface area (Å²) in [6.45, 7) is 13.3. The number of Topliss-reactive ketones (excluding diaryl/α,β-unsaturated/α-hetero) is 2. The second kappa shape index (κ2) is 14.6. The zero-order chi connectivity index (χ0) is 28.4. The first kappa shape index (κ1) is 31.0. The Hall–Kier alpha value is -3.26. The molecular weight excluding hydrogens is 552 g/mol. The Kier molecular flexibility index (Phi) is 11.9. The molecule has 1 aromatic carbocycles. The minimum atomic E-state index is -0.876. The summed E-state index contributed by atoms with van der Waals surface area (Å²) in [6, 6.07) is 4.55. The maximum Gasteiger partial charge on any atom is 0.251 e. The molecular formula is C27H37BrN6O4. The summed E-state index contributed by atoms with van der Waals surface area (Å²) < 4.78 is 0.824. The number of carbonyl (C=O) groups excluding carboxylic acids is 4. The second-order valence-corrected chi connectivity index (χ2v) is 10.8. The average Bonchev–Trinajstić information content (AvgIpc) is 3.33. The molecule has 0 aliphatic carbocycles. The summed E-state index contributed by atoms with van der Waals surface area (Å²) in [7, 11) is 0. The van der Waals surface area contributed by atoms with Crippen LogP contribution in [0.15, 0.2) is 33.7 Å². The number of likely N-dealkylation sites (tertiary alicyclic amines) is 1. The summed E-state index contributed by atoms with van der Waals surface area (Å²) in [5.74, 6) is -1.89. The van der Waals surface area contributed by atoms with E-state index in [1.165, 1.54) is 4.90 Å². The molecule has 38 heavy (non-hydrogen) atoms. The van der Waals surface area contributed by atoms with Gasteiger partial charge >= 0.3 is 0 Å². The third-order valence-electron chi connectivity index (χ3n) is 6.70. The summed E-state index contributed by atoms with van der Waals surface area (Å²) in [4.78, 5) is 61.5. The summed E-state index contributed by atoms with van der Waals surface area (Å²) in [5, 5.41) is 2.81. The van der Waals surface area contributed by atoms with Crippen molar-refractivity contribution in [1.29, 1.82) is 0 Å². The van der Waals surface area contributed by atoms with Crippen molar-refractivity contribution in [3.05, 3.63) is 45.7 Å². The van der Waals surface area contributed by atoms with Crippen LogP contribution in [0.5, 0.6) is 0 Å². The van der Waals surface area contributed by atoms with E-state index in [0.717, 1.165) is 4.47 Å². The van der Waals surface area contributed by atoms with Crippen LogP contribution in [0.4, 0.5) is 0 Å². The monoisotopic (exact) mass is 588 g/mol. The second-order valence-electron chi connectivity index (χ2n) is 9.86. The predicted molar refractivity (Wildman–Crippen MR) is 149 cm³/mol. The fraction of sp³-hybridized carbons (Fsp3) is 0.556. The Morgan fingerprint density at radius 1 is 1.21 bits per heavy atom. The summed E-state index contributed by atoms with van der Waals surface area (Å²) in [5.41, 5.74) is 11.1. The third kappa shape index (κ3) is 8.65. The van der Waals surface area contributed by atoms with Crippen molar-refractivity contribution in [3.8, 4) is 0 Å². The Balaban J connectivity index is 2.20. The van der Waals surface area contributed by atoms with E-state index in [0.29, 0.717) is 24.9 Å². The van der Waals surface area contributed by atoms with Gasteiger partial charge < -0.3 is 26.5 Å². The zero-order valence-electron chi connectivity index (χ0n) is 22.2. The largest absolute Gasteiger partial charge is 0.370 e. The van der Waals surface area contributed by atoms with E-state index in [1.54, 1.807) is 31.2 Å². The topological polar surface area (TPSA) is 152 Å². The van der Waals surface area contributed by atoms with Crippen molar-refractivity contribution < 1.29 is 19.2 Å². The van der Waals surface area contributed by atoms with E-state index in [9.17, 15) is 19.2 Å². The van der Waals surface area contributed by atoms with Crippen molar-refractivity contribution in [3.63, 3.8) is 0 Å². The molecule has 1 aliphatic heterocycles. The Bertz CT molecular complexity index is 1080. The number of rotatable bonds is 13. The number of hydrogen-bond acceptors (Lipinski definition) is 5. The number of hydrogen-bond donors (Lipinski definition) is 3. The van der Waals surface area contributed by atoms with Gasteiger partial charge in [0.2, 0.25) is 11.9 Å². The quantitative estimate of drug-likeness (QED) is 0.139. The van der Waals surface area contributed by atoms with Crippen LogP contribution in [-0.4, -0.2) is 65.5 Å². The Morgan fingerprint density at radius 3 is 2.42 bits per heavy atom. The van der Waals surface area contributed by atoms with Crippen molar-refractivity contribution in [2.75, 3.05) is 13.1 Å². The lowest BCUT2D eigenvalue weighted by molar-refractivity contribution is -0.140. The molecule has 0 aromatic heterocycles. The predicted octanol–water partition coefficient (Wildman–Crippen LogP) is 2.70. The van der Waals surface area contributed by atoms with Gasteiger partial charge in [0, 0.05) is 35.3 Å². The number of nitrogens with one attached hydrogen (secondary N) is 1. The number of ketones is 2. The first-order valence-corrected chi connectivity index (χ1v) is 13.6. The molecule has 4 atom stereocenters. The molecule has 1 saturated heterocycles. The van der Waals surface area contributed by atoms with Crippen molar-refractivity contribution in [2.24, 2.45) is 28.3 Å². The van der Waals surface area contributed by atoms with Crippen LogP contribution in [0, 0.1) is 18.4 Å². The normalized spacial score (nSPS) is 18.4. The molecule has 0 radical (unpaired) electrons. The molecule has 0 saturated carbocycles. The van der Waals surface area contributed by atoms with Crippen molar-refractivity contribution in [2.45, 2.75) is 71.0 Å². The fourth-order valence-corrected chi connectivity index (χ4v) is 4.83. The number of nitrogens with zero attached hydrogens (tertiary/aromatic N) is 3. The molecule has 0 bridgehead atoms. The standard InChI is InChI=1S/C27H37BrN6O4/c1-5-22(35)18(7-6-12-32-27(29)30)13-23(36)21-14-20(31-4)15-34(21)26(38)24(16(2)3)33-25(37)17-8-10-19(28)11-9-17/h8-11,16,18,20-21,24H,5-7,12-15H2,1-3H3,(H,33,37)(H4,29,30,32)/t18-,20-,21+,24+/m1/s1. The molecule has 2 amide bonds. The molecule has 10 nitrogen and oxygen atoms in total. The van der Waals surface area contributed by atoms with Gasteiger partial charge in [0.25, 0.3) is 5.91 Å². The van der Waals surface area contributed by atoms with Gasteiger partial charge in [0.05, 0.1) is 19.0 Å². The summed E-state index contributed by atoms with van der Waals surface area (Å²) >= 11 is 3.34. The van der Waals surface area contributed by atoms with E-state index < -0.39 is 35.9 Å². The smallest absolute Gasteiger partial charge is 0.251 e. The molecule has 206 valence electrons. The van der Waals surface area contributed by atoms with Gasteiger partial charge in [-0.05, 0) is 43.0 Å². The molecule has 2 rings (SSSR count). The van der Waals surface area contributed by atoms with Crippen LogP contribution in [0.25, 0.3) is 4.85 Å². The molecule has 1 fully saturated rings. The highest BCUT2D eigenvalue weighted by Gasteiger charge is 2.45. The van der Waals surface area contributed by atoms with E-state index in [1.807, 2.05) is 13.8 Å². The number of halogens is 1. The SMILES string of the molecule is [C-]#[N+][C@@H]1C[C@@H](C(=O)C[C@@H](CCCN=C(N)N)C(=O)CC)N(C(=O)[C@@H](NC(=O)c2ccc(Br)cc2)C(C)C)C1. The van der Waals surface area contributed by atoms with Crippen LogP contribution in [-0.2, 0) is 14.4 Å². The van der Waals surface area contributed by atoms with Crippen molar-refractivity contribution >= 4 is 45.3 Å². The molecule has 11 heteroatoms. The molecule has 0 unspecified atom stereocenters. The van der Waals surface area contributed by atoms with E-state index in [-0.39, 0.29) is 49.3 Å². The minimum absolute atomic E-state index is 0.0226. The molecule has 1 aliphatic rings. The van der Waals surface area contributed by atoms with Gasteiger partial charge in [-0.2, -0.15) is 0 Å². The van der Waals surface area contributed by atoms with Crippen LogP contribution in [0.3, 0.4) is 0 Å². The maximum absolute atomic E-state index is 13.7. The molecule has 1 heterocycles. The third-order valence-corrected chi connectivity index (χ3v) is 7.23. The number of nitrogens with two attached hydrogens (primary N) is 2. The van der Waals surface area contributed by atoms with Crippen molar-refractivity contribution in [1.82, 2.24) is 10.2 Å². The van der Waals surface area contributed by atoms with Crippen LogP contribution in [0.2, 0.25) is 0 Å². The van der Waals surface area contributed by atoms with E-state index >= 15 is 0 Å². The molecule has 0 spiro atoms. The van der Waals surface area contributed by atoms with Crippen LogP contribution in [0.1, 0.15) is 63.2 Å². The average molecular weight is 590 g/mol. The van der Waals surface area contributed by atoms with Gasteiger partial charge in [0.1, 0.15) is 11.8 Å². The number of amides is 2. The highest BCUT2D eigenvalue weighted by Crippen LogP contribution is 2.27. The van der Waals surface area contributed by atoms with Gasteiger partial charge in [-0.1, -0.05) is 36.7 Å².